The Balaban J connectivity index is 0.899. The number of unbranched alkanes of at least 4 members (excludes halogenated alkanes) is 20. The number of fused-ring (bicyclic) bond motifs is 6. The van der Waals surface area contributed by atoms with Crippen molar-refractivity contribution in [3.8, 4) is 112 Å². The van der Waals surface area contributed by atoms with E-state index >= 15 is 0 Å². The number of benzene rings is 7. The van der Waals surface area contributed by atoms with Crippen LogP contribution in [-0.2, 0) is 10.8 Å². The maximum absolute atomic E-state index is 5.13. The van der Waals surface area contributed by atoms with E-state index in [1.165, 1.54) is 232 Å². The average Bonchev–Trinajstić information content (AvgIpc) is 1.57. The quantitative estimate of drug-likeness (QED) is 0.0281. The number of rotatable bonds is 40. The molecule has 0 amide bonds. The predicted molar refractivity (Wildman–Crippen MR) is 492 cm³/mol. The van der Waals surface area contributed by atoms with Crippen LogP contribution in [0, 0.1) is 0 Å². The van der Waals surface area contributed by atoms with E-state index in [0.717, 1.165) is 105 Å². The highest BCUT2D eigenvalue weighted by Crippen LogP contribution is 2.58. The van der Waals surface area contributed by atoms with Crippen molar-refractivity contribution < 1.29 is 0 Å². The molecule has 586 valence electrons. The molecule has 0 unspecified atom stereocenters. The van der Waals surface area contributed by atoms with Crippen LogP contribution in [0.1, 0.15) is 252 Å². The first kappa shape index (κ1) is 80.1. The van der Waals surface area contributed by atoms with Gasteiger partial charge in [-0.1, -0.05) is 352 Å². The SMILES string of the molecule is CCCCCCCCC1(CCCCCCCC)c2ccccc2-c2ccc(-c3cc(/C=C/c4ccc(-c5cc(-c6ccccn6)nc(-c6ccccn6)c5)cc4)c(-c4ccc5c(c4)C(CCCCCCCC)(CCCCCCCC)c4ccccc4-5)cc3/C=C/c3ccc(-c4cc(-c5ccccn5)nc(-c5ccccn5)c4)cc3)cc21. The number of aromatic nitrogens is 6. The molecule has 2 aliphatic carbocycles. The van der Waals surface area contributed by atoms with Gasteiger partial charge >= 0.3 is 0 Å². The monoisotopic (exact) mass is 1520 g/mol. The standard InChI is InChI=1S/C110H116N6/c1-5-9-13-17-21-33-65-109(66-34-22-18-14-10-6-2)97-43-27-25-41-91(97)93-63-61-87(75-99(93)109)95-73-86(60-54-82-51-57-84(58-52-82)90-79-107(103-47-31-39-71-113-103)116-108(80-90)104-48-32-40-72-114-104)96(88-62-64-94-92-42-26-28-44-98(92)110(100(94)76-88,67-35-23-19-15-11-7-3)68-36-24-20-16-12-8-4)74-85(95)59-53-81-49-55-83(56-50-81)89-77-105(101-45-29-37-69-111-101)115-106(78-89)102-46-30-38-70-112-102/h25-32,37-64,69-80H,5-24,33-36,65-68H2,1-4H3/b59-53+,60-54+. The number of nitrogens with zero attached hydrogens (tertiary/aromatic N) is 6. The van der Waals surface area contributed by atoms with Gasteiger partial charge in [-0.05, 0) is 234 Å². The van der Waals surface area contributed by atoms with E-state index in [0.29, 0.717) is 0 Å². The first-order valence-electron chi connectivity index (χ1n) is 44.3. The maximum atomic E-state index is 5.13. The van der Waals surface area contributed by atoms with Gasteiger partial charge in [-0.25, -0.2) is 9.97 Å². The first-order valence-corrected chi connectivity index (χ1v) is 44.3. The molecule has 6 heteroatoms. The summed E-state index contributed by atoms with van der Waals surface area (Å²) in [4.78, 5) is 29.3. The molecule has 0 aliphatic heterocycles. The van der Waals surface area contributed by atoms with Gasteiger partial charge in [-0.3, -0.25) is 19.9 Å². The fraction of sp³-hybridized carbons (Fsp3) is 0.309. The Hall–Kier alpha value is -11.1. The molecule has 2 aliphatic rings. The Morgan fingerprint density at radius 3 is 0.810 bits per heavy atom. The number of pyridine rings is 6. The van der Waals surface area contributed by atoms with Crippen LogP contribution < -0.4 is 0 Å². The van der Waals surface area contributed by atoms with Gasteiger partial charge in [0.15, 0.2) is 0 Å². The van der Waals surface area contributed by atoms with Crippen molar-refractivity contribution in [2.24, 2.45) is 0 Å². The van der Waals surface area contributed by atoms with Crippen molar-refractivity contribution in [1.29, 1.82) is 0 Å². The highest BCUT2D eigenvalue weighted by atomic mass is 14.8. The van der Waals surface area contributed by atoms with E-state index < -0.39 is 0 Å². The van der Waals surface area contributed by atoms with Crippen LogP contribution in [0.15, 0.2) is 267 Å². The van der Waals surface area contributed by atoms with Gasteiger partial charge in [0.2, 0.25) is 0 Å². The summed E-state index contributed by atoms with van der Waals surface area (Å²) in [5, 5.41) is 0. The van der Waals surface area contributed by atoms with Crippen molar-refractivity contribution >= 4 is 24.3 Å². The average molecular weight is 1520 g/mol. The lowest BCUT2D eigenvalue weighted by Crippen LogP contribution is -2.25. The Morgan fingerprint density at radius 1 is 0.216 bits per heavy atom. The lowest BCUT2D eigenvalue weighted by atomic mass is 9.70. The minimum Gasteiger partial charge on any atom is -0.255 e. The van der Waals surface area contributed by atoms with Gasteiger partial charge in [-0.15, -0.1) is 0 Å². The summed E-state index contributed by atoms with van der Waals surface area (Å²) in [5.41, 5.74) is 32.0. The molecule has 6 heterocycles. The lowest BCUT2D eigenvalue weighted by molar-refractivity contribution is 0.398. The Kier molecular flexibility index (Phi) is 27.3. The fourth-order valence-corrected chi connectivity index (χ4v) is 18.7. The normalized spacial score (nSPS) is 13.0. The lowest BCUT2D eigenvalue weighted by Gasteiger charge is -2.33. The molecule has 6 nitrogen and oxygen atoms in total. The van der Waals surface area contributed by atoms with Crippen LogP contribution in [0.4, 0.5) is 0 Å². The minimum atomic E-state index is -0.0919. The summed E-state index contributed by atoms with van der Waals surface area (Å²) in [5.74, 6) is 0. The van der Waals surface area contributed by atoms with Crippen molar-refractivity contribution in [2.45, 2.75) is 218 Å². The molecule has 6 aromatic heterocycles. The van der Waals surface area contributed by atoms with Crippen molar-refractivity contribution in [3.63, 3.8) is 0 Å². The zero-order chi connectivity index (χ0) is 79.1. The highest BCUT2D eigenvalue weighted by Gasteiger charge is 2.44. The minimum absolute atomic E-state index is 0.0919. The van der Waals surface area contributed by atoms with Gasteiger partial charge < -0.3 is 0 Å². The summed E-state index contributed by atoms with van der Waals surface area (Å²) < 4.78 is 0. The molecule has 0 saturated carbocycles. The molecular weight excluding hydrogens is 1410 g/mol. The molecule has 0 spiro atoms. The topological polar surface area (TPSA) is 77.3 Å². The third-order valence-electron chi connectivity index (χ3n) is 25.0. The smallest absolute Gasteiger partial charge is 0.0900 e. The third-order valence-corrected chi connectivity index (χ3v) is 25.0. The van der Waals surface area contributed by atoms with Crippen LogP contribution in [-0.4, -0.2) is 29.9 Å². The summed E-state index contributed by atoms with van der Waals surface area (Å²) in [6.07, 6.45) is 52.2. The molecule has 0 fully saturated rings. The second-order valence-electron chi connectivity index (χ2n) is 32.9. The highest BCUT2D eigenvalue weighted by molar-refractivity contribution is 5.94. The zero-order valence-electron chi connectivity index (χ0n) is 69.2. The van der Waals surface area contributed by atoms with Crippen LogP contribution in [0.5, 0.6) is 0 Å². The molecule has 116 heavy (non-hydrogen) atoms. The van der Waals surface area contributed by atoms with E-state index in [9.17, 15) is 0 Å². The summed E-state index contributed by atoms with van der Waals surface area (Å²) in [7, 11) is 0. The van der Waals surface area contributed by atoms with Gasteiger partial charge in [0.25, 0.3) is 0 Å². The second kappa shape index (κ2) is 39.5. The van der Waals surface area contributed by atoms with Crippen LogP contribution in [0.3, 0.4) is 0 Å². The summed E-state index contributed by atoms with van der Waals surface area (Å²) in [6, 6.07) is 90.3. The Morgan fingerprint density at radius 2 is 0.500 bits per heavy atom. The van der Waals surface area contributed by atoms with Gasteiger partial charge in [0.05, 0.1) is 45.6 Å². The molecule has 13 aromatic rings. The zero-order valence-corrected chi connectivity index (χ0v) is 69.2. The molecule has 0 saturated heterocycles. The van der Waals surface area contributed by atoms with Gasteiger partial charge in [0.1, 0.15) is 0 Å². The van der Waals surface area contributed by atoms with E-state index in [-0.39, 0.29) is 10.8 Å². The van der Waals surface area contributed by atoms with Crippen molar-refractivity contribution in [2.75, 3.05) is 0 Å². The predicted octanol–water partition coefficient (Wildman–Crippen LogP) is 31.3. The molecular formula is C110H116N6. The summed E-state index contributed by atoms with van der Waals surface area (Å²) >= 11 is 0. The molecule has 0 N–H and O–H groups in total. The molecule has 7 aromatic carbocycles. The third kappa shape index (κ3) is 18.7. The van der Waals surface area contributed by atoms with Gasteiger partial charge in [0, 0.05) is 35.6 Å². The van der Waals surface area contributed by atoms with E-state index in [4.69, 9.17) is 29.9 Å². The molecule has 15 rings (SSSR count). The Bertz CT molecular complexity index is 4930. The molecule has 0 radical (unpaired) electrons. The largest absolute Gasteiger partial charge is 0.255 e. The van der Waals surface area contributed by atoms with Crippen LogP contribution in [0.2, 0.25) is 0 Å². The van der Waals surface area contributed by atoms with E-state index in [1.54, 1.807) is 0 Å². The van der Waals surface area contributed by atoms with Gasteiger partial charge in [-0.2, -0.15) is 0 Å². The molecule has 0 atom stereocenters. The number of hydrogen-bond acceptors (Lipinski definition) is 6. The first-order chi connectivity index (χ1) is 57.3. The van der Waals surface area contributed by atoms with E-state index in [2.05, 4.69) is 222 Å². The van der Waals surface area contributed by atoms with Crippen LogP contribution in [0.25, 0.3) is 137 Å². The maximum Gasteiger partial charge on any atom is 0.0900 e. The van der Waals surface area contributed by atoms with Crippen molar-refractivity contribution in [1.82, 2.24) is 29.9 Å². The van der Waals surface area contributed by atoms with Crippen molar-refractivity contribution in [3.05, 3.63) is 312 Å². The van der Waals surface area contributed by atoms with E-state index in [1.807, 2.05) is 97.6 Å². The molecule has 0 bridgehead atoms. The fourth-order valence-electron chi connectivity index (χ4n) is 18.7. The number of hydrogen-bond donors (Lipinski definition) is 0. The Labute approximate surface area is 692 Å². The second-order valence-corrected chi connectivity index (χ2v) is 32.9. The van der Waals surface area contributed by atoms with Crippen LogP contribution >= 0.6 is 0 Å². The summed E-state index contributed by atoms with van der Waals surface area (Å²) in [6.45, 7) is 9.34.